The molecule has 1 amide bonds. The van der Waals surface area contributed by atoms with Gasteiger partial charge in [-0.05, 0) is 42.8 Å². The number of fused-ring (bicyclic) bond motifs is 6. The van der Waals surface area contributed by atoms with Gasteiger partial charge >= 0.3 is 0 Å². The molecule has 0 radical (unpaired) electrons. The minimum atomic E-state index is 0.184. The van der Waals surface area contributed by atoms with Gasteiger partial charge in [-0.1, -0.05) is 42.5 Å². The van der Waals surface area contributed by atoms with Crippen molar-refractivity contribution < 1.29 is 9.53 Å². The highest BCUT2D eigenvalue weighted by Crippen LogP contribution is 2.26. The average Bonchev–Trinajstić information content (AvgIpc) is 3.67. The summed E-state index contributed by atoms with van der Waals surface area (Å²) in [7, 11) is 1.67. The van der Waals surface area contributed by atoms with Gasteiger partial charge in [-0.25, -0.2) is 4.98 Å². The van der Waals surface area contributed by atoms with Gasteiger partial charge in [0.25, 0.3) is 5.78 Å². The Morgan fingerprint density at radius 1 is 0.878 bits per heavy atom. The summed E-state index contributed by atoms with van der Waals surface area (Å²) in [5.74, 6) is 3.10. The third-order valence-corrected chi connectivity index (χ3v) is 7.79. The molecule has 10 nitrogen and oxygen atoms in total. The molecule has 3 aromatic heterocycles. The van der Waals surface area contributed by atoms with Crippen LogP contribution in [0.1, 0.15) is 18.7 Å². The van der Waals surface area contributed by atoms with Crippen molar-refractivity contribution in [1.82, 2.24) is 34.1 Å². The molecule has 1 fully saturated rings. The van der Waals surface area contributed by atoms with Crippen molar-refractivity contribution >= 4 is 33.9 Å². The van der Waals surface area contributed by atoms with Crippen LogP contribution in [0, 0.1) is 0 Å². The Balaban J connectivity index is 1.06. The summed E-state index contributed by atoms with van der Waals surface area (Å²) < 4.78 is 9.08. The summed E-state index contributed by atoms with van der Waals surface area (Å²) in [6.07, 6.45) is 1.80. The number of anilines is 1. The number of carbonyl (C=O) groups is 1. The highest BCUT2D eigenvalue weighted by Gasteiger charge is 2.22. The maximum atomic E-state index is 13.1. The molecular weight excluding hydrogens is 516 g/mol. The minimum Gasteiger partial charge on any atom is -0.497 e. The second kappa shape index (κ2) is 10.5. The van der Waals surface area contributed by atoms with E-state index < -0.39 is 0 Å². The number of hydrogen-bond donors (Lipinski definition) is 0. The molecule has 0 bridgehead atoms. The lowest BCUT2D eigenvalue weighted by molar-refractivity contribution is -0.131. The van der Waals surface area contributed by atoms with Crippen molar-refractivity contribution in [2.24, 2.45) is 0 Å². The van der Waals surface area contributed by atoms with Crippen LogP contribution in [0.3, 0.4) is 0 Å². The van der Waals surface area contributed by atoms with Crippen LogP contribution in [0.25, 0.3) is 33.7 Å². The van der Waals surface area contributed by atoms with Gasteiger partial charge in [0.1, 0.15) is 11.6 Å². The monoisotopic (exact) mass is 546 g/mol. The van der Waals surface area contributed by atoms with Crippen LogP contribution in [0.15, 0.2) is 78.9 Å². The summed E-state index contributed by atoms with van der Waals surface area (Å²) in [5.41, 5.74) is 3.82. The van der Waals surface area contributed by atoms with Crippen molar-refractivity contribution in [3.05, 3.63) is 84.7 Å². The van der Waals surface area contributed by atoms with Gasteiger partial charge in [0, 0.05) is 55.7 Å². The molecule has 0 aliphatic carbocycles. The molecule has 10 heteroatoms. The van der Waals surface area contributed by atoms with E-state index in [0.717, 1.165) is 65.6 Å². The zero-order valence-corrected chi connectivity index (χ0v) is 22.8. The fraction of sp³-hybridized carbons (Fsp3) is 0.258. The highest BCUT2D eigenvalue weighted by molar-refractivity contribution is 5.94. The topological polar surface area (TPSA) is 93.2 Å². The summed E-state index contributed by atoms with van der Waals surface area (Å²) in [6.45, 7) is 3.07. The molecule has 4 heterocycles. The molecule has 0 unspecified atom stereocenters. The number of ether oxygens (including phenoxy) is 1. The van der Waals surface area contributed by atoms with Crippen LogP contribution >= 0.6 is 0 Å². The number of carbonyl (C=O) groups excluding carboxylic acids is 1. The number of piperazine rings is 1. The lowest BCUT2D eigenvalue weighted by Crippen LogP contribution is -2.48. The predicted octanol–water partition coefficient (Wildman–Crippen LogP) is 4.27. The number of rotatable bonds is 7. The lowest BCUT2D eigenvalue weighted by Gasteiger charge is -2.36. The Kier molecular flexibility index (Phi) is 6.42. The second-order valence-corrected chi connectivity index (χ2v) is 10.2. The van der Waals surface area contributed by atoms with Crippen LogP contribution in [-0.4, -0.2) is 73.3 Å². The van der Waals surface area contributed by atoms with Crippen molar-refractivity contribution in [2.75, 3.05) is 38.2 Å². The normalized spacial score (nSPS) is 13.9. The maximum absolute atomic E-state index is 13.1. The molecule has 206 valence electrons. The SMILES string of the molecule is COc1ccc(N2CCN(C(=O)CCCc3nnc4n5nc(-c6ccccc6)nc5c5ccccc5n34)CC2)cc1. The first-order valence-corrected chi connectivity index (χ1v) is 13.9. The first-order valence-electron chi connectivity index (χ1n) is 13.9. The van der Waals surface area contributed by atoms with Gasteiger partial charge in [0.05, 0.1) is 12.6 Å². The van der Waals surface area contributed by atoms with Crippen LogP contribution in [0.4, 0.5) is 5.69 Å². The van der Waals surface area contributed by atoms with E-state index >= 15 is 0 Å². The summed E-state index contributed by atoms with van der Waals surface area (Å²) >= 11 is 0. The zero-order valence-electron chi connectivity index (χ0n) is 22.8. The Labute approximate surface area is 236 Å². The van der Waals surface area contributed by atoms with Gasteiger partial charge < -0.3 is 14.5 Å². The minimum absolute atomic E-state index is 0.184. The molecule has 41 heavy (non-hydrogen) atoms. The van der Waals surface area contributed by atoms with Crippen molar-refractivity contribution in [3.63, 3.8) is 0 Å². The van der Waals surface area contributed by atoms with Crippen LogP contribution in [0.2, 0.25) is 0 Å². The van der Waals surface area contributed by atoms with Crippen molar-refractivity contribution in [2.45, 2.75) is 19.3 Å². The Bertz CT molecular complexity index is 1840. The second-order valence-electron chi connectivity index (χ2n) is 10.2. The van der Waals surface area contributed by atoms with E-state index in [-0.39, 0.29) is 5.91 Å². The number of hydrogen-bond acceptors (Lipinski definition) is 7. The fourth-order valence-corrected chi connectivity index (χ4v) is 5.61. The van der Waals surface area contributed by atoms with Crippen molar-refractivity contribution in [3.8, 4) is 17.1 Å². The van der Waals surface area contributed by atoms with Crippen molar-refractivity contribution in [1.29, 1.82) is 0 Å². The standard InChI is InChI=1S/C31H30N8O2/c1-41-24-16-14-23(15-17-24)36-18-20-37(21-19-36)28(40)13-7-12-27-33-34-31-38(27)26-11-6-5-10-25(26)30-32-29(35-39(30)31)22-8-3-2-4-9-22/h2-6,8-11,14-17H,7,12-13,18-21H2,1H3. The molecule has 7 rings (SSSR count). The van der Waals surface area contributed by atoms with Gasteiger partial charge in [0.2, 0.25) is 5.91 Å². The van der Waals surface area contributed by atoms with Gasteiger partial charge in [-0.2, -0.15) is 4.52 Å². The fourth-order valence-electron chi connectivity index (χ4n) is 5.61. The van der Waals surface area contributed by atoms with E-state index in [9.17, 15) is 4.79 Å². The molecule has 0 saturated carbocycles. The van der Waals surface area contributed by atoms with Crippen LogP contribution in [-0.2, 0) is 11.2 Å². The molecule has 6 aromatic rings. The van der Waals surface area contributed by atoms with E-state index in [1.54, 1.807) is 11.6 Å². The number of benzene rings is 3. The summed E-state index contributed by atoms with van der Waals surface area (Å²) in [5, 5.41) is 14.8. The molecular formula is C31H30N8O2. The molecule has 1 aliphatic rings. The smallest absolute Gasteiger partial charge is 0.258 e. The largest absolute Gasteiger partial charge is 0.497 e. The van der Waals surface area contributed by atoms with E-state index in [2.05, 4.69) is 33.3 Å². The third kappa shape index (κ3) is 4.61. The average molecular weight is 547 g/mol. The van der Waals surface area contributed by atoms with E-state index in [1.807, 2.05) is 70.0 Å². The summed E-state index contributed by atoms with van der Waals surface area (Å²) in [4.78, 5) is 22.2. The molecule has 1 aliphatic heterocycles. The highest BCUT2D eigenvalue weighted by atomic mass is 16.5. The first-order chi connectivity index (χ1) is 20.2. The van der Waals surface area contributed by atoms with Gasteiger partial charge in [0.15, 0.2) is 11.5 Å². The number of methoxy groups -OCH3 is 1. The molecule has 0 atom stereocenters. The molecule has 1 saturated heterocycles. The lowest BCUT2D eigenvalue weighted by atomic mass is 10.2. The first kappa shape index (κ1) is 25.0. The number of aryl methyl sites for hydroxylation is 1. The van der Waals surface area contributed by atoms with Crippen LogP contribution < -0.4 is 9.64 Å². The molecule has 3 aromatic carbocycles. The third-order valence-electron chi connectivity index (χ3n) is 7.79. The summed E-state index contributed by atoms with van der Waals surface area (Å²) in [6, 6.07) is 26.1. The molecule has 0 N–H and O–H groups in total. The Morgan fingerprint density at radius 3 is 2.41 bits per heavy atom. The quantitative estimate of drug-likeness (QED) is 0.295. The maximum Gasteiger partial charge on any atom is 0.258 e. The predicted molar refractivity (Wildman–Crippen MR) is 157 cm³/mol. The Hall–Kier alpha value is -4.99. The number of aromatic nitrogens is 6. The van der Waals surface area contributed by atoms with Gasteiger partial charge in [-0.3, -0.25) is 9.20 Å². The zero-order chi connectivity index (χ0) is 27.8. The Morgan fingerprint density at radius 2 is 1.63 bits per heavy atom. The van der Waals surface area contributed by atoms with Gasteiger partial charge in [-0.15, -0.1) is 15.3 Å². The number of amides is 1. The number of nitrogens with zero attached hydrogens (tertiary/aromatic N) is 8. The van der Waals surface area contributed by atoms with E-state index in [4.69, 9.17) is 14.8 Å². The van der Waals surface area contributed by atoms with E-state index in [0.29, 0.717) is 30.9 Å². The van der Waals surface area contributed by atoms with Crippen LogP contribution in [0.5, 0.6) is 5.75 Å². The van der Waals surface area contributed by atoms with E-state index in [1.165, 1.54) is 0 Å². The number of para-hydroxylation sites is 1. The molecule has 0 spiro atoms.